The standard InChI is InChI=1S/C21H26N2O3/c1-6-26-18-9-7-17(8-10-18)23-21(25)20(24)22-16(5)19-12-14(3)13(2)11-15(19)4/h7-12,16H,6H2,1-5H3,(H,22,24)(H,23,25)/t16-/m0/s1. The van der Waals surface area contributed by atoms with E-state index in [4.69, 9.17) is 4.74 Å². The molecule has 2 aromatic carbocycles. The Balaban J connectivity index is 2.00. The van der Waals surface area contributed by atoms with Crippen LogP contribution in [0.5, 0.6) is 5.75 Å². The minimum Gasteiger partial charge on any atom is -0.494 e. The number of carbonyl (C=O) groups is 2. The molecular weight excluding hydrogens is 328 g/mol. The van der Waals surface area contributed by atoms with Crippen LogP contribution in [0.4, 0.5) is 5.69 Å². The minimum absolute atomic E-state index is 0.257. The molecule has 0 aromatic heterocycles. The van der Waals surface area contributed by atoms with Crippen LogP contribution in [0.25, 0.3) is 0 Å². The van der Waals surface area contributed by atoms with Gasteiger partial charge in [0.05, 0.1) is 12.6 Å². The molecule has 0 fully saturated rings. The van der Waals surface area contributed by atoms with Gasteiger partial charge in [-0.05, 0) is 81.1 Å². The number of hydrogen-bond acceptors (Lipinski definition) is 3. The van der Waals surface area contributed by atoms with Crippen molar-refractivity contribution in [3.8, 4) is 5.75 Å². The molecule has 0 spiro atoms. The first kappa shape index (κ1) is 19.5. The van der Waals surface area contributed by atoms with Gasteiger partial charge in [0.25, 0.3) is 0 Å². The molecule has 5 nitrogen and oxygen atoms in total. The van der Waals surface area contributed by atoms with E-state index in [2.05, 4.69) is 29.7 Å². The Morgan fingerprint density at radius 2 is 1.58 bits per heavy atom. The molecule has 0 saturated heterocycles. The van der Waals surface area contributed by atoms with Gasteiger partial charge >= 0.3 is 11.8 Å². The Morgan fingerprint density at radius 3 is 2.19 bits per heavy atom. The normalized spacial score (nSPS) is 11.6. The fourth-order valence-corrected chi connectivity index (χ4v) is 2.78. The van der Waals surface area contributed by atoms with E-state index in [1.807, 2.05) is 27.7 Å². The van der Waals surface area contributed by atoms with Crippen molar-refractivity contribution in [2.24, 2.45) is 0 Å². The Labute approximate surface area is 154 Å². The summed E-state index contributed by atoms with van der Waals surface area (Å²) in [5, 5.41) is 5.36. The topological polar surface area (TPSA) is 67.4 Å². The van der Waals surface area contributed by atoms with E-state index in [9.17, 15) is 9.59 Å². The molecule has 0 saturated carbocycles. The van der Waals surface area contributed by atoms with Gasteiger partial charge in [-0.25, -0.2) is 0 Å². The molecule has 138 valence electrons. The van der Waals surface area contributed by atoms with Crippen molar-refractivity contribution in [3.05, 3.63) is 58.7 Å². The van der Waals surface area contributed by atoms with Crippen molar-refractivity contribution >= 4 is 17.5 Å². The van der Waals surface area contributed by atoms with Gasteiger partial charge in [0.15, 0.2) is 0 Å². The third kappa shape index (κ3) is 4.85. The maximum atomic E-state index is 12.2. The Hall–Kier alpha value is -2.82. The molecule has 2 amide bonds. The van der Waals surface area contributed by atoms with Crippen molar-refractivity contribution in [1.82, 2.24) is 5.32 Å². The number of ether oxygens (including phenoxy) is 1. The second-order valence-corrected chi connectivity index (χ2v) is 6.40. The Bertz CT molecular complexity index is 798. The average molecular weight is 354 g/mol. The molecular formula is C21H26N2O3. The molecule has 0 aliphatic carbocycles. The number of aryl methyl sites for hydroxylation is 3. The molecule has 0 aliphatic rings. The Morgan fingerprint density at radius 1 is 0.962 bits per heavy atom. The quantitative estimate of drug-likeness (QED) is 0.802. The van der Waals surface area contributed by atoms with Crippen LogP contribution in [0, 0.1) is 20.8 Å². The van der Waals surface area contributed by atoms with E-state index in [0.717, 1.165) is 16.7 Å². The summed E-state index contributed by atoms with van der Waals surface area (Å²) in [4.78, 5) is 24.4. The molecule has 0 unspecified atom stereocenters. The zero-order chi connectivity index (χ0) is 19.3. The van der Waals surface area contributed by atoms with E-state index in [0.29, 0.717) is 18.0 Å². The molecule has 2 N–H and O–H groups in total. The monoisotopic (exact) mass is 354 g/mol. The SMILES string of the molecule is CCOc1ccc(NC(=O)C(=O)N[C@@H](C)c2cc(C)c(C)cc2C)cc1. The van der Waals surface area contributed by atoms with Crippen molar-refractivity contribution < 1.29 is 14.3 Å². The maximum absolute atomic E-state index is 12.2. The van der Waals surface area contributed by atoms with Crippen LogP contribution in [0.1, 0.15) is 42.1 Å². The highest BCUT2D eigenvalue weighted by Crippen LogP contribution is 2.21. The van der Waals surface area contributed by atoms with Gasteiger partial charge in [0.1, 0.15) is 5.75 Å². The van der Waals surface area contributed by atoms with E-state index in [1.54, 1.807) is 24.3 Å². The summed E-state index contributed by atoms with van der Waals surface area (Å²) in [5.74, 6) is -0.639. The molecule has 1 atom stereocenters. The largest absolute Gasteiger partial charge is 0.494 e. The number of nitrogens with one attached hydrogen (secondary N) is 2. The van der Waals surface area contributed by atoms with E-state index in [-0.39, 0.29) is 6.04 Å². The van der Waals surface area contributed by atoms with Crippen LogP contribution in [0.15, 0.2) is 36.4 Å². The lowest BCUT2D eigenvalue weighted by atomic mass is 9.96. The van der Waals surface area contributed by atoms with Gasteiger partial charge in [0, 0.05) is 5.69 Å². The first-order valence-electron chi connectivity index (χ1n) is 8.74. The fourth-order valence-electron chi connectivity index (χ4n) is 2.78. The van der Waals surface area contributed by atoms with Gasteiger partial charge < -0.3 is 15.4 Å². The second-order valence-electron chi connectivity index (χ2n) is 6.40. The van der Waals surface area contributed by atoms with Crippen LogP contribution in [0.2, 0.25) is 0 Å². The number of amides is 2. The first-order chi connectivity index (χ1) is 12.3. The lowest BCUT2D eigenvalue weighted by Crippen LogP contribution is -2.37. The smallest absolute Gasteiger partial charge is 0.313 e. The molecule has 2 rings (SSSR count). The number of anilines is 1. The van der Waals surface area contributed by atoms with Crippen LogP contribution < -0.4 is 15.4 Å². The lowest BCUT2D eigenvalue weighted by molar-refractivity contribution is -0.136. The highest BCUT2D eigenvalue weighted by molar-refractivity contribution is 6.39. The number of benzene rings is 2. The summed E-state index contributed by atoms with van der Waals surface area (Å²) in [5.41, 5.74) is 5.01. The van der Waals surface area contributed by atoms with Gasteiger partial charge in [0.2, 0.25) is 0 Å². The highest BCUT2D eigenvalue weighted by Gasteiger charge is 2.18. The maximum Gasteiger partial charge on any atom is 0.313 e. The van der Waals surface area contributed by atoms with Gasteiger partial charge in [-0.1, -0.05) is 12.1 Å². The predicted molar refractivity (Wildman–Crippen MR) is 103 cm³/mol. The molecule has 26 heavy (non-hydrogen) atoms. The van der Waals surface area contributed by atoms with E-state index in [1.165, 1.54) is 5.56 Å². The summed E-state index contributed by atoms with van der Waals surface area (Å²) in [6, 6.07) is 10.8. The molecule has 2 aromatic rings. The molecule has 5 heteroatoms. The summed E-state index contributed by atoms with van der Waals surface area (Å²) < 4.78 is 5.35. The van der Waals surface area contributed by atoms with E-state index < -0.39 is 11.8 Å². The molecule has 0 radical (unpaired) electrons. The summed E-state index contributed by atoms with van der Waals surface area (Å²) >= 11 is 0. The van der Waals surface area contributed by atoms with Crippen molar-refractivity contribution in [3.63, 3.8) is 0 Å². The molecule has 0 aliphatic heterocycles. The average Bonchev–Trinajstić information content (AvgIpc) is 2.59. The van der Waals surface area contributed by atoms with Crippen LogP contribution in [0.3, 0.4) is 0 Å². The van der Waals surface area contributed by atoms with Crippen molar-refractivity contribution in [2.75, 3.05) is 11.9 Å². The molecule has 0 heterocycles. The number of hydrogen-bond donors (Lipinski definition) is 2. The second kappa shape index (κ2) is 8.52. The van der Waals surface area contributed by atoms with Crippen LogP contribution >= 0.6 is 0 Å². The Kier molecular flexibility index (Phi) is 6.39. The predicted octanol–water partition coefficient (Wildman–Crippen LogP) is 3.83. The fraction of sp³-hybridized carbons (Fsp3) is 0.333. The minimum atomic E-state index is -0.692. The summed E-state index contributed by atoms with van der Waals surface area (Å²) in [6.07, 6.45) is 0. The van der Waals surface area contributed by atoms with Crippen molar-refractivity contribution in [2.45, 2.75) is 40.7 Å². The van der Waals surface area contributed by atoms with Gasteiger partial charge in [-0.3, -0.25) is 9.59 Å². The highest BCUT2D eigenvalue weighted by atomic mass is 16.5. The third-order valence-corrected chi connectivity index (χ3v) is 4.33. The summed E-state index contributed by atoms with van der Waals surface area (Å²) in [6.45, 7) is 10.4. The van der Waals surface area contributed by atoms with Gasteiger partial charge in [-0.15, -0.1) is 0 Å². The van der Waals surface area contributed by atoms with Crippen molar-refractivity contribution in [1.29, 1.82) is 0 Å². The lowest BCUT2D eigenvalue weighted by Gasteiger charge is -2.18. The van der Waals surface area contributed by atoms with Gasteiger partial charge in [-0.2, -0.15) is 0 Å². The van der Waals surface area contributed by atoms with Crippen LogP contribution in [-0.4, -0.2) is 18.4 Å². The summed E-state index contributed by atoms with van der Waals surface area (Å²) in [7, 11) is 0. The van der Waals surface area contributed by atoms with E-state index >= 15 is 0 Å². The molecule has 0 bridgehead atoms. The first-order valence-corrected chi connectivity index (χ1v) is 8.74. The number of carbonyl (C=O) groups excluding carboxylic acids is 2. The third-order valence-electron chi connectivity index (χ3n) is 4.33. The van der Waals surface area contributed by atoms with Crippen LogP contribution in [-0.2, 0) is 9.59 Å². The zero-order valence-corrected chi connectivity index (χ0v) is 16.0. The number of rotatable bonds is 5. The zero-order valence-electron chi connectivity index (χ0n) is 16.0.